The Morgan fingerprint density at radius 2 is 1.76 bits per heavy atom. The highest BCUT2D eigenvalue weighted by atomic mass is 16.7. The van der Waals surface area contributed by atoms with Crippen molar-refractivity contribution in [2.45, 2.75) is 18.6 Å². The Balaban J connectivity index is 1.52. The molecule has 2 fully saturated rings. The first-order valence-electron chi connectivity index (χ1n) is 8.68. The maximum absolute atomic E-state index is 12.8. The van der Waals surface area contributed by atoms with Gasteiger partial charge in [0.25, 0.3) is 5.91 Å². The van der Waals surface area contributed by atoms with Gasteiger partial charge < -0.3 is 19.3 Å². The molecule has 2 heterocycles. The van der Waals surface area contributed by atoms with E-state index in [2.05, 4.69) is 0 Å². The second-order valence-corrected chi connectivity index (χ2v) is 7.37. The third kappa shape index (κ3) is 4.00. The Morgan fingerprint density at radius 1 is 1.12 bits per heavy atom. The van der Waals surface area contributed by atoms with Crippen LogP contribution in [0.3, 0.4) is 0 Å². The summed E-state index contributed by atoms with van der Waals surface area (Å²) in [5.41, 5.74) is 0.514. The van der Waals surface area contributed by atoms with Gasteiger partial charge in [0.1, 0.15) is 12.6 Å². The van der Waals surface area contributed by atoms with Gasteiger partial charge in [-0.3, -0.25) is 4.79 Å². The number of likely N-dealkylation sites (N-methyl/N-ethyl adjacent to an activating group) is 1. The van der Waals surface area contributed by atoms with Crippen molar-refractivity contribution in [1.82, 2.24) is 9.96 Å². The molecule has 0 bridgehead atoms. The Bertz CT molecular complexity index is 626. The van der Waals surface area contributed by atoms with Gasteiger partial charge in [-0.15, -0.1) is 5.06 Å². The number of aliphatic hydroxyl groups excluding tert-OH is 1. The molecule has 2 atom stereocenters. The van der Waals surface area contributed by atoms with E-state index >= 15 is 0 Å². The maximum Gasteiger partial charge on any atom is 0.357 e. The normalized spacial score (nSPS) is 26.4. The van der Waals surface area contributed by atoms with E-state index in [0.29, 0.717) is 49.2 Å². The summed E-state index contributed by atoms with van der Waals surface area (Å²) in [4.78, 5) is 32.1. The number of nitrogens with zero attached hydrogens (tertiary/aromatic N) is 3. The molecule has 1 amide bonds. The summed E-state index contributed by atoms with van der Waals surface area (Å²) in [5, 5.41) is 11.5. The number of likely N-dealkylation sites (tertiary alicyclic amines) is 1. The third-order valence-corrected chi connectivity index (χ3v) is 5.08. The molecule has 1 N–H and O–H groups in total. The zero-order valence-electron chi connectivity index (χ0n) is 14.8. The molecular weight excluding hydrogens is 322 g/mol. The van der Waals surface area contributed by atoms with E-state index in [9.17, 15) is 14.7 Å². The summed E-state index contributed by atoms with van der Waals surface area (Å²) in [6.45, 7) is 2.63. The lowest BCUT2D eigenvalue weighted by atomic mass is 10.1. The Hall–Kier alpha value is -1.96. The number of hydrogen-bond donors (Lipinski definition) is 1. The van der Waals surface area contributed by atoms with E-state index in [1.807, 2.05) is 25.1 Å². The van der Waals surface area contributed by atoms with E-state index in [0.717, 1.165) is 0 Å². The molecular formula is C18H26N3O4+. The first kappa shape index (κ1) is 17.8. The number of rotatable bonds is 3. The van der Waals surface area contributed by atoms with Gasteiger partial charge in [0.05, 0.1) is 32.7 Å². The van der Waals surface area contributed by atoms with Gasteiger partial charge in [0.15, 0.2) is 6.04 Å². The van der Waals surface area contributed by atoms with Crippen LogP contribution in [0.1, 0.15) is 16.8 Å². The highest BCUT2D eigenvalue weighted by Gasteiger charge is 2.46. The molecule has 0 unspecified atom stereocenters. The predicted octanol–water partition coefficient (Wildman–Crippen LogP) is 0.112. The molecule has 1 aromatic rings. The molecule has 3 rings (SSSR count). The maximum atomic E-state index is 12.8. The second-order valence-electron chi connectivity index (χ2n) is 7.37. The van der Waals surface area contributed by atoms with E-state index < -0.39 is 6.10 Å². The van der Waals surface area contributed by atoms with Gasteiger partial charge in [-0.05, 0) is 12.1 Å². The van der Waals surface area contributed by atoms with Crippen LogP contribution in [0.25, 0.3) is 0 Å². The molecule has 0 aromatic heterocycles. The van der Waals surface area contributed by atoms with E-state index in [1.165, 1.54) is 0 Å². The molecule has 2 saturated heterocycles. The van der Waals surface area contributed by atoms with Crippen LogP contribution in [0.5, 0.6) is 0 Å². The van der Waals surface area contributed by atoms with Crippen molar-refractivity contribution >= 4 is 11.9 Å². The number of carbonyl (C=O) groups is 2. The zero-order valence-corrected chi connectivity index (χ0v) is 14.8. The van der Waals surface area contributed by atoms with Crippen molar-refractivity contribution in [3.05, 3.63) is 35.9 Å². The summed E-state index contributed by atoms with van der Waals surface area (Å²) in [6.07, 6.45) is 0.0896. The van der Waals surface area contributed by atoms with Crippen LogP contribution in [0.4, 0.5) is 0 Å². The average Bonchev–Trinajstić information content (AvgIpc) is 2.88. The molecule has 25 heavy (non-hydrogen) atoms. The van der Waals surface area contributed by atoms with Crippen LogP contribution in [0.15, 0.2) is 30.3 Å². The molecule has 7 heteroatoms. The summed E-state index contributed by atoms with van der Waals surface area (Å²) in [6, 6.07) is 8.67. The van der Waals surface area contributed by atoms with Gasteiger partial charge >= 0.3 is 5.97 Å². The minimum atomic E-state index is -0.419. The number of carbonyl (C=O) groups excluding carboxylic acids is 2. The SMILES string of the molecule is C[N+]1(C)C[C@H](O)C[C@H]1C(=O)N1CCN(OC(=O)c2ccccc2)CC1. The fourth-order valence-electron chi connectivity index (χ4n) is 3.64. The highest BCUT2D eigenvalue weighted by Crippen LogP contribution is 2.25. The molecule has 0 spiro atoms. The first-order valence-corrected chi connectivity index (χ1v) is 8.68. The number of aliphatic hydroxyl groups is 1. The largest absolute Gasteiger partial charge is 0.387 e. The van der Waals surface area contributed by atoms with Crippen LogP contribution in [-0.4, -0.2) is 90.4 Å². The quantitative estimate of drug-likeness (QED) is 0.786. The van der Waals surface area contributed by atoms with Crippen LogP contribution in [0, 0.1) is 0 Å². The minimum Gasteiger partial charge on any atom is -0.387 e. The lowest BCUT2D eigenvalue weighted by molar-refractivity contribution is -0.894. The molecule has 2 aliphatic rings. The second kappa shape index (κ2) is 7.11. The van der Waals surface area contributed by atoms with E-state index in [4.69, 9.17) is 4.84 Å². The van der Waals surface area contributed by atoms with Gasteiger partial charge in [-0.1, -0.05) is 18.2 Å². The fraction of sp³-hybridized carbons (Fsp3) is 0.556. The number of hydrogen-bond acceptors (Lipinski definition) is 5. The Labute approximate surface area is 147 Å². The Kier molecular flexibility index (Phi) is 5.08. The Morgan fingerprint density at radius 3 is 2.32 bits per heavy atom. The smallest absolute Gasteiger partial charge is 0.357 e. The van der Waals surface area contributed by atoms with Crippen molar-refractivity contribution in [2.75, 3.05) is 46.8 Å². The van der Waals surface area contributed by atoms with Crippen LogP contribution < -0.4 is 0 Å². The molecule has 0 radical (unpaired) electrons. The number of quaternary nitrogens is 1. The number of hydroxylamine groups is 2. The third-order valence-electron chi connectivity index (χ3n) is 5.08. The van der Waals surface area contributed by atoms with Crippen molar-refractivity contribution in [3.8, 4) is 0 Å². The van der Waals surface area contributed by atoms with E-state index in [-0.39, 0.29) is 17.9 Å². The van der Waals surface area contributed by atoms with Gasteiger partial charge in [-0.2, -0.15) is 0 Å². The highest BCUT2D eigenvalue weighted by molar-refractivity contribution is 5.89. The predicted molar refractivity (Wildman–Crippen MR) is 91.4 cm³/mol. The van der Waals surface area contributed by atoms with Gasteiger partial charge in [-0.25, -0.2) is 4.79 Å². The van der Waals surface area contributed by atoms with Gasteiger partial charge in [0, 0.05) is 19.5 Å². The lowest BCUT2D eigenvalue weighted by Gasteiger charge is -2.37. The summed E-state index contributed by atoms with van der Waals surface area (Å²) in [5.74, 6) is -0.298. The summed E-state index contributed by atoms with van der Waals surface area (Å²) < 4.78 is 0.517. The topological polar surface area (TPSA) is 70.1 Å². The standard InChI is InChI=1S/C18H26N3O4/c1-21(2)13-15(22)12-16(21)17(23)19-8-10-20(11-9-19)25-18(24)14-6-4-3-5-7-14/h3-7,15-16,22H,8-13H2,1-2H3/q+1/t15-,16+/m1/s1. The summed E-state index contributed by atoms with van der Waals surface area (Å²) >= 11 is 0. The van der Waals surface area contributed by atoms with E-state index in [1.54, 1.807) is 29.3 Å². The first-order chi connectivity index (χ1) is 11.9. The van der Waals surface area contributed by atoms with Crippen molar-refractivity contribution in [2.24, 2.45) is 0 Å². The molecule has 0 aliphatic carbocycles. The lowest BCUT2D eigenvalue weighted by Crippen LogP contribution is -2.57. The minimum absolute atomic E-state index is 0.0792. The number of piperazine rings is 1. The summed E-state index contributed by atoms with van der Waals surface area (Å²) in [7, 11) is 3.97. The van der Waals surface area contributed by atoms with Crippen LogP contribution in [0.2, 0.25) is 0 Å². The average molecular weight is 348 g/mol. The van der Waals surface area contributed by atoms with Crippen LogP contribution in [-0.2, 0) is 9.63 Å². The molecule has 2 aliphatic heterocycles. The molecule has 7 nitrogen and oxygen atoms in total. The van der Waals surface area contributed by atoms with Crippen molar-refractivity contribution in [1.29, 1.82) is 0 Å². The fourth-order valence-corrected chi connectivity index (χ4v) is 3.64. The monoisotopic (exact) mass is 348 g/mol. The van der Waals surface area contributed by atoms with Crippen molar-refractivity contribution < 1.29 is 24.0 Å². The van der Waals surface area contributed by atoms with Crippen LogP contribution >= 0.6 is 0 Å². The zero-order chi connectivity index (χ0) is 18.0. The number of amides is 1. The number of benzene rings is 1. The van der Waals surface area contributed by atoms with Gasteiger partial charge in [0.2, 0.25) is 0 Å². The molecule has 1 aromatic carbocycles. The van der Waals surface area contributed by atoms with Crippen molar-refractivity contribution in [3.63, 3.8) is 0 Å². The molecule has 0 saturated carbocycles. The molecule has 136 valence electrons.